The van der Waals surface area contributed by atoms with Crippen LogP contribution in [0.25, 0.3) is 0 Å². The summed E-state index contributed by atoms with van der Waals surface area (Å²) in [6, 6.07) is 0.00726. The van der Waals surface area contributed by atoms with Gasteiger partial charge in [-0.2, -0.15) is 0 Å². The molecule has 0 aromatic carbocycles. The third kappa shape index (κ3) is 3.32. The molecule has 2 atom stereocenters. The van der Waals surface area contributed by atoms with Crippen LogP contribution in [0.5, 0.6) is 0 Å². The van der Waals surface area contributed by atoms with Gasteiger partial charge in [0, 0.05) is 24.6 Å². The number of nitrogens with two attached hydrogens (primary N) is 1. The largest absolute Gasteiger partial charge is 0.396 e. The molecule has 1 aromatic heterocycles. The highest BCUT2D eigenvalue weighted by Crippen LogP contribution is 2.23. The van der Waals surface area contributed by atoms with Crippen LogP contribution in [0.2, 0.25) is 0 Å². The van der Waals surface area contributed by atoms with E-state index in [0.29, 0.717) is 12.1 Å². The van der Waals surface area contributed by atoms with E-state index in [1.54, 1.807) is 5.38 Å². The minimum Gasteiger partial charge on any atom is -0.396 e. The molecule has 1 aliphatic heterocycles. The Hall–Kier alpha value is -0.980. The summed E-state index contributed by atoms with van der Waals surface area (Å²) in [4.78, 5) is 18.6. The normalized spacial score (nSPS) is 21.4. The Balaban J connectivity index is 2.11. The average Bonchev–Trinajstić information content (AvgIpc) is 2.89. The quantitative estimate of drug-likeness (QED) is 0.878. The fourth-order valence-electron chi connectivity index (χ4n) is 2.46. The number of aliphatic hydroxyl groups is 1. The molecule has 0 spiro atoms. The van der Waals surface area contributed by atoms with Crippen molar-refractivity contribution in [2.75, 3.05) is 13.2 Å². The fourth-order valence-corrected chi connectivity index (χ4v) is 3.21. The van der Waals surface area contributed by atoms with Gasteiger partial charge in [-0.05, 0) is 32.6 Å². The van der Waals surface area contributed by atoms with Gasteiger partial charge in [-0.25, -0.2) is 4.98 Å². The highest BCUT2D eigenvalue weighted by molar-refractivity contribution is 7.09. The Labute approximate surface area is 117 Å². The number of carbonyl (C=O) groups is 1. The molecular weight excluding hydrogens is 262 g/mol. The summed E-state index contributed by atoms with van der Waals surface area (Å²) >= 11 is 1.43. The van der Waals surface area contributed by atoms with Crippen molar-refractivity contribution in [1.29, 1.82) is 0 Å². The molecule has 2 unspecified atom stereocenters. The van der Waals surface area contributed by atoms with E-state index in [2.05, 4.69) is 4.98 Å². The van der Waals surface area contributed by atoms with Crippen LogP contribution in [0.15, 0.2) is 5.38 Å². The van der Waals surface area contributed by atoms with Gasteiger partial charge in [-0.1, -0.05) is 0 Å². The van der Waals surface area contributed by atoms with Gasteiger partial charge in [-0.15, -0.1) is 11.3 Å². The van der Waals surface area contributed by atoms with Gasteiger partial charge in [0.25, 0.3) is 5.91 Å². The third-order valence-corrected chi connectivity index (χ3v) is 4.53. The van der Waals surface area contributed by atoms with Gasteiger partial charge in [0.1, 0.15) is 10.7 Å². The van der Waals surface area contributed by atoms with Crippen molar-refractivity contribution in [2.24, 2.45) is 5.73 Å². The SMILES string of the molecule is CC(N)c1nc(C(=O)N2CCCCC2CCO)cs1. The topological polar surface area (TPSA) is 79.5 Å². The first-order valence-corrected chi connectivity index (χ1v) is 7.64. The standard InChI is InChI=1S/C13H21N3O2S/c1-9(14)12-15-11(8-19-12)13(18)16-6-3-2-4-10(16)5-7-17/h8-10,17H,2-7,14H2,1H3. The first-order valence-electron chi connectivity index (χ1n) is 6.76. The monoisotopic (exact) mass is 283 g/mol. The number of carbonyl (C=O) groups excluding carboxylic acids is 1. The average molecular weight is 283 g/mol. The fraction of sp³-hybridized carbons (Fsp3) is 0.692. The molecule has 0 saturated carbocycles. The van der Waals surface area contributed by atoms with Crippen LogP contribution >= 0.6 is 11.3 Å². The van der Waals surface area contributed by atoms with E-state index in [0.717, 1.165) is 30.8 Å². The van der Waals surface area contributed by atoms with E-state index >= 15 is 0 Å². The summed E-state index contributed by atoms with van der Waals surface area (Å²) < 4.78 is 0. The lowest BCUT2D eigenvalue weighted by molar-refractivity contribution is 0.0569. The van der Waals surface area contributed by atoms with Gasteiger partial charge < -0.3 is 15.7 Å². The van der Waals surface area contributed by atoms with Crippen LogP contribution in [0.3, 0.4) is 0 Å². The smallest absolute Gasteiger partial charge is 0.273 e. The lowest BCUT2D eigenvalue weighted by Crippen LogP contribution is -2.44. The number of piperidine rings is 1. The molecular formula is C13H21N3O2S. The Morgan fingerprint density at radius 2 is 2.47 bits per heavy atom. The Bertz CT molecular complexity index is 431. The molecule has 0 radical (unpaired) electrons. The number of hydrogen-bond acceptors (Lipinski definition) is 5. The second-order valence-corrected chi connectivity index (χ2v) is 5.91. The molecule has 6 heteroatoms. The Morgan fingerprint density at radius 3 is 3.11 bits per heavy atom. The summed E-state index contributed by atoms with van der Waals surface area (Å²) in [5, 5.41) is 11.7. The summed E-state index contributed by atoms with van der Waals surface area (Å²) in [6.45, 7) is 2.74. The molecule has 1 saturated heterocycles. The predicted octanol–water partition coefficient (Wildman–Crippen LogP) is 1.54. The zero-order chi connectivity index (χ0) is 13.8. The van der Waals surface area contributed by atoms with Crippen LogP contribution in [-0.4, -0.2) is 40.1 Å². The van der Waals surface area contributed by atoms with Crippen molar-refractivity contribution < 1.29 is 9.90 Å². The number of rotatable bonds is 4. The maximum Gasteiger partial charge on any atom is 0.273 e. The number of aliphatic hydroxyl groups excluding tert-OH is 1. The van der Waals surface area contributed by atoms with Crippen molar-refractivity contribution in [3.05, 3.63) is 16.1 Å². The highest BCUT2D eigenvalue weighted by atomic mass is 32.1. The van der Waals surface area contributed by atoms with E-state index in [-0.39, 0.29) is 24.6 Å². The molecule has 19 heavy (non-hydrogen) atoms. The van der Waals surface area contributed by atoms with E-state index in [1.165, 1.54) is 11.3 Å². The van der Waals surface area contributed by atoms with Gasteiger partial charge in [0.15, 0.2) is 0 Å². The zero-order valence-corrected chi connectivity index (χ0v) is 12.0. The molecule has 0 aliphatic carbocycles. The van der Waals surface area contributed by atoms with Gasteiger partial charge >= 0.3 is 0 Å². The number of amides is 1. The van der Waals surface area contributed by atoms with E-state index in [9.17, 15) is 4.79 Å². The molecule has 1 aromatic rings. The van der Waals surface area contributed by atoms with Crippen LogP contribution in [0.4, 0.5) is 0 Å². The van der Waals surface area contributed by atoms with Crippen LogP contribution in [0, 0.1) is 0 Å². The van der Waals surface area contributed by atoms with Crippen molar-refractivity contribution in [3.63, 3.8) is 0 Å². The lowest BCUT2D eigenvalue weighted by Gasteiger charge is -2.35. The molecule has 1 amide bonds. The van der Waals surface area contributed by atoms with Crippen molar-refractivity contribution in [3.8, 4) is 0 Å². The molecule has 3 N–H and O–H groups in total. The number of likely N-dealkylation sites (tertiary alicyclic amines) is 1. The van der Waals surface area contributed by atoms with Crippen LogP contribution in [-0.2, 0) is 0 Å². The molecule has 1 aliphatic rings. The summed E-state index contributed by atoms with van der Waals surface area (Å²) in [5.41, 5.74) is 6.26. The predicted molar refractivity (Wildman–Crippen MR) is 75.1 cm³/mol. The van der Waals surface area contributed by atoms with Crippen LogP contribution < -0.4 is 5.73 Å². The third-order valence-electron chi connectivity index (χ3n) is 3.48. The van der Waals surface area contributed by atoms with Crippen molar-refractivity contribution >= 4 is 17.2 Å². The molecule has 0 bridgehead atoms. The summed E-state index contributed by atoms with van der Waals surface area (Å²) in [7, 11) is 0. The lowest BCUT2D eigenvalue weighted by atomic mass is 9.99. The molecule has 2 rings (SSSR count). The minimum atomic E-state index is -0.138. The van der Waals surface area contributed by atoms with Crippen LogP contribution in [0.1, 0.15) is 54.1 Å². The summed E-state index contributed by atoms with van der Waals surface area (Å²) in [5.74, 6) is -0.0266. The molecule has 2 heterocycles. The summed E-state index contributed by atoms with van der Waals surface area (Å²) in [6.07, 6.45) is 3.77. The van der Waals surface area contributed by atoms with E-state index < -0.39 is 0 Å². The molecule has 1 fully saturated rings. The highest BCUT2D eigenvalue weighted by Gasteiger charge is 2.28. The molecule has 5 nitrogen and oxygen atoms in total. The Morgan fingerprint density at radius 1 is 1.68 bits per heavy atom. The van der Waals surface area contributed by atoms with Crippen molar-refractivity contribution in [1.82, 2.24) is 9.88 Å². The minimum absolute atomic E-state index is 0.0266. The Kier molecular flexibility index (Phi) is 4.90. The zero-order valence-electron chi connectivity index (χ0n) is 11.2. The number of hydrogen-bond donors (Lipinski definition) is 2. The number of aromatic nitrogens is 1. The first kappa shape index (κ1) is 14.4. The van der Waals surface area contributed by atoms with Gasteiger partial charge in [-0.3, -0.25) is 4.79 Å². The maximum atomic E-state index is 12.5. The van der Waals surface area contributed by atoms with E-state index in [1.807, 2.05) is 11.8 Å². The van der Waals surface area contributed by atoms with E-state index in [4.69, 9.17) is 10.8 Å². The molecule has 106 valence electrons. The maximum absolute atomic E-state index is 12.5. The number of nitrogens with zero attached hydrogens (tertiary/aromatic N) is 2. The van der Waals surface area contributed by atoms with Crippen molar-refractivity contribution in [2.45, 2.75) is 44.7 Å². The second kappa shape index (κ2) is 6.45. The second-order valence-electron chi connectivity index (χ2n) is 5.02. The van der Waals surface area contributed by atoms with Gasteiger partial charge in [0.05, 0.1) is 6.04 Å². The first-order chi connectivity index (χ1) is 9.13. The number of thiazole rings is 1. The van der Waals surface area contributed by atoms with Gasteiger partial charge in [0.2, 0.25) is 0 Å².